The van der Waals surface area contributed by atoms with Crippen molar-refractivity contribution in [1.29, 1.82) is 0 Å². The van der Waals surface area contributed by atoms with Gasteiger partial charge in [-0.15, -0.1) is 6.58 Å². The summed E-state index contributed by atoms with van der Waals surface area (Å²) in [6, 6.07) is 27.3. The predicted molar refractivity (Wildman–Crippen MR) is 164 cm³/mol. The summed E-state index contributed by atoms with van der Waals surface area (Å²) in [6.07, 6.45) is 8.55. The largest absolute Gasteiger partial charge is 0.508 e. The van der Waals surface area contributed by atoms with Crippen LogP contribution in [0.2, 0.25) is 0 Å². The molecular formula is C35H43N3O2. The van der Waals surface area contributed by atoms with Crippen molar-refractivity contribution < 1.29 is 9.90 Å². The van der Waals surface area contributed by atoms with Crippen LogP contribution in [0.5, 0.6) is 5.75 Å². The van der Waals surface area contributed by atoms with Crippen molar-refractivity contribution in [3.8, 4) is 5.75 Å². The monoisotopic (exact) mass is 537 g/mol. The first kappa shape index (κ1) is 28.0. The number of piperazine rings is 1. The van der Waals surface area contributed by atoms with Crippen LogP contribution >= 0.6 is 0 Å². The highest BCUT2D eigenvalue weighted by Crippen LogP contribution is 2.30. The Hall–Kier alpha value is -3.57. The summed E-state index contributed by atoms with van der Waals surface area (Å²) in [5.74, 6) is 0.525. The topological polar surface area (TPSA) is 47.0 Å². The van der Waals surface area contributed by atoms with Gasteiger partial charge in [0, 0.05) is 62.0 Å². The van der Waals surface area contributed by atoms with Gasteiger partial charge in [0.1, 0.15) is 5.75 Å². The summed E-state index contributed by atoms with van der Waals surface area (Å²) in [5.41, 5.74) is 4.22. The molecule has 1 aliphatic carbocycles. The number of carbonyl (C=O) groups is 1. The summed E-state index contributed by atoms with van der Waals surface area (Å²) in [4.78, 5) is 20.4. The number of phenols is 1. The van der Waals surface area contributed by atoms with E-state index in [-0.39, 0.29) is 17.7 Å². The lowest BCUT2D eigenvalue weighted by Gasteiger charge is -2.37. The van der Waals surface area contributed by atoms with Crippen molar-refractivity contribution in [3.05, 3.63) is 108 Å². The zero-order valence-electron chi connectivity index (χ0n) is 23.6. The lowest BCUT2D eigenvalue weighted by molar-refractivity contribution is 0.0662. The fourth-order valence-corrected chi connectivity index (χ4v) is 6.43. The smallest absolute Gasteiger partial charge is 0.254 e. The van der Waals surface area contributed by atoms with E-state index in [0.717, 1.165) is 57.7 Å². The first-order chi connectivity index (χ1) is 19.6. The fourth-order valence-electron chi connectivity index (χ4n) is 6.43. The molecule has 1 amide bonds. The molecule has 210 valence electrons. The SMILES string of the molecule is C=CCN(C(=O)c1cc(O)cc(N2CCN(CCC(c3ccccc3)c3ccccc3)CC2)c1)C1CCCCC1. The second kappa shape index (κ2) is 13.7. The average molecular weight is 538 g/mol. The van der Waals surface area contributed by atoms with Gasteiger partial charge in [0.25, 0.3) is 5.91 Å². The van der Waals surface area contributed by atoms with E-state index in [1.165, 1.54) is 30.4 Å². The molecule has 2 aliphatic rings. The van der Waals surface area contributed by atoms with Crippen LogP contribution in [0.15, 0.2) is 91.5 Å². The normalized spacial score (nSPS) is 16.7. The molecule has 5 heteroatoms. The molecule has 0 atom stereocenters. The van der Waals surface area contributed by atoms with Gasteiger partial charge in [-0.2, -0.15) is 0 Å². The number of anilines is 1. The first-order valence-electron chi connectivity index (χ1n) is 15.0. The Morgan fingerprint density at radius 1 is 0.900 bits per heavy atom. The third kappa shape index (κ3) is 6.95. The molecule has 0 bridgehead atoms. The van der Waals surface area contributed by atoms with Gasteiger partial charge in [-0.3, -0.25) is 9.69 Å². The third-order valence-corrected chi connectivity index (χ3v) is 8.63. The highest BCUT2D eigenvalue weighted by Gasteiger charge is 2.27. The number of hydrogen-bond acceptors (Lipinski definition) is 4. The van der Waals surface area contributed by atoms with Crippen LogP contribution in [0.3, 0.4) is 0 Å². The number of phenolic OH excluding ortho intramolecular Hbond substituents is 1. The van der Waals surface area contributed by atoms with Crippen LogP contribution in [0.4, 0.5) is 5.69 Å². The summed E-state index contributed by atoms with van der Waals surface area (Å²) in [7, 11) is 0. The van der Waals surface area contributed by atoms with Crippen LogP contribution in [-0.2, 0) is 0 Å². The summed E-state index contributed by atoms with van der Waals surface area (Å²) < 4.78 is 0. The molecule has 40 heavy (non-hydrogen) atoms. The van der Waals surface area contributed by atoms with Crippen molar-refractivity contribution in [2.75, 3.05) is 44.2 Å². The van der Waals surface area contributed by atoms with E-state index < -0.39 is 0 Å². The Labute approximate surface area is 239 Å². The molecule has 1 saturated heterocycles. The first-order valence-corrected chi connectivity index (χ1v) is 15.0. The zero-order chi connectivity index (χ0) is 27.7. The van der Waals surface area contributed by atoms with Gasteiger partial charge >= 0.3 is 0 Å². The summed E-state index contributed by atoms with van der Waals surface area (Å²) >= 11 is 0. The van der Waals surface area contributed by atoms with E-state index in [0.29, 0.717) is 18.0 Å². The molecule has 1 N–H and O–H groups in total. The lowest BCUT2D eigenvalue weighted by atomic mass is 9.88. The Bertz CT molecular complexity index is 1190. The van der Waals surface area contributed by atoms with Crippen molar-refractivity contribution in [2.45, 2.75) is 50.5 Å². The van der Waals surface area contributed by atoms with Crippen LogP contribution in [0.25, 0.3) is 0 Å². The van der Waals surface area contributed by atoms with Crippen LogP contribution in [0.1, 0.15) is 65.9 Å². The highest BCUT2D eigenvalue weighted by atomic mass is 16.3. The van der Waals surface area contributed by atoms with E-state index in [1.54, 1.807) is 12.1 Å². The Balaban J connectivity index is 1.22. The van der Waals surface area contributed by atoms with Crippen molar-refractivity contribution in [1.82, 2.24) is 9.80 Å². The molecule has 1 aliphatic heterocycles. The van der Waals surface area contributed by atoms with Gasteiger partial charge in [-0.25, -0.2) is 0 Å². The lowest BCUT2D eigenvalue weighted by Crippen LogP contribution is -2.47. The molecule has 0 spiro atoms. The summed E-state index contributed by atoms with van der Waals surface area (Å²) in [5, 5.41) is 10.6. The Morgan fingerprint density at radius 2 is 1.52 bits per heavy atom. The van der Waals surface area contributed by atoms with E-state index in [1.807, 2.05) is 17.0 Å². The second-order valence-electron chi connectivity index (χ2n) is 11.3. The molecule has 1 heterocycles. The standard InChI is InChI=1S/C35H43N3O2/c1-2-19-38(31-16-10-5-11-17-31)35(40)30-25-32(27-33(39)26-30)37-23-21-36(22-24-37)20-18-34(28-12-6-3-7-13-28)29-14-8-4-9-15-29/h2-4,6-9,12-15,25-27,31,34,39H,1,5,10-11,16-24H2. The van der Waals surface area contributed by atoms with Gasteiger partial charge in [0.05, 0.1) is 0 Å². The highest BCUT2D eigenvalue weighted by molar-refractivity contribution is 5.96. The molecule has 5 rings (SSSR count). The van der Waals surface area contributed by atoms with Crippen LogP contribution < -0.4 is 4.90 Å². The minimum atomic E-state index is -0.00421. The predicted octanol–water partition coefficient (Wildman–Crippen LogP) is 6.70. The van der Waals surface area contributed by atoms with Gasteiger partial charge in [-0.1, -0.05) is 86.0 Å². The minimum absolute atomic E-state index is 0.00421. The van der Waals surface area contributed by atoms with E-state index >= 15 is 0 Å². The molecular weight excluding hydrogens is 494 g/mol. The molecule has 0 unspecified atom stereocenters. The van der Waals surface area contributed by atoms with Gasteiger partial charge in [0.2, 0.25) is 0 Å². The van der Waals surface area contributed by atoms with E-state index in [9.17, 15) is 9.90 Å². The Morgan fingerprint density at radius 3 is 2.12 bits per heavy atom. The average Bonchev–Trinajstić information content (AvgIpc) is 3.01. The van der Waals surface area contributed by atoms with Gasteiger partial charge in [0.15, 0.2) is 0 Å². The molecule has 2 fully saturated rings. The van der Waals surface area contributed by atoms with Crippen molar-refractivity contribution in [2.24, 2.45) is 0 Å². The quantitative estimate of drug-likeness (QED) is 0.293. The summed E-state index contributed by atoms with van der Waals surface area (Å²) in [6.45, 7) is 9.13. The van der Waals surface area contributed by atoms with Gasteiger partial charge < -0.3 is 14.9 Å². The number of rotatable bonds is 10. The maximum absolute atomic E-state index is 13.6. The molecule has 1 saturated carbocycles. The maximum atomic E-state index is 13.6. The van der Waals surface area contributed by atoms with Crippen molar-refractivity contribution >= 4 is 11.6 Å². The number of aromatic hydroxyl groups is 1. The molecule has 3 aromatic rings. The molecule has 0 aromatic heterocycles. The van der Waals surface area contributed by atoms with Gasteiger partial charge in [-0.05, 0) is 49.1 Å². The zero-order valence-corrected chi connectivity index (χ0v) is 23.6. The second-order valence-corrected chi connectivity index (χ2v) is 11.3. The van der Waals surface area contributed by atoms with E-state index in [2.05, 4.69) is 77.0 Å². The third-order valence-electron chi connectivity index (χ3n) is 8.63. The van der Waals surface area contributed by atoms with Crippen LogP contribution in [0, 0.1) is 0 Å². The number of hydrogen-bond donors (Lipinski definition) is 1. The number of amides is 1. The maximum Gasteiger partial charge on any atom is 0.254 e. The number of nitrogens with zero attached hydrogens (tertiary/aromatic N) is 3. The Kier molecular flexibility index (Phi) is 9.56. The minimum Gasteiger partial charge on any atom is -0.508 e. The fraction of sp³-hybridized carbons (Fsp3) is 0.400. The van der Waals surface area contributed by atoms with Crippen LogP contribution in [-0.4, -0.2) is 66.1 Å². The van der Waals surface area contributed by atoms with Crippen molar-refractivity contribution in [3.63, 3.8) is 0 Å². The number of carbonyl (C=O) groups excluding carboxylic acids is 1. The molecule has 5 nitrogen and oxygen atoms in total. The molecule has 0 radical (unpaired) electrons. The number of benzene rings is 3. The van der Waals surface area contributed by atoms with E-state index in [4.69, 9.17) is 0 Å². The molecule has 3 aromatic carbocycles.